The average Bonchev–Trinajstić information content (AvgIpc) is 2.67. The lowest BCUT2D eigenvalue weighted by molar-refractivity contribution is 0.102. The Kier molecular flexibility index (Phi) is 5.09. The molecule has 1 aliphatic rings. The Hall–Kier alpha value is -3.35. The fraction of sp³-hybridized carbons (Fsp3) is 0.312. The molecule has 2 aromatic rings. The number of carbonyl (C=O) groups is 1. The van der Waals surface area contributed by atoms with Crippen LogP contribution in [-0.2, 0) is 15.6 Å². The lowest BCUT2D eigenvalue weighted by Crippen LogP contribution is -2.50. The molecule has 0 saturated carbocycles. The van der Waals surface area contributed by atoms with Gasteiger partial charge < -0.3 is 15.8 Å². The van der Waals surface area contributed by atoms with Crippen molar-refractivity contribution in [3.05, 3.63) is 41.7 Å². The molecule has 2 aromatic heterocycles. The van der Waals surface area contributed by atoms with Gasteiger partial charge in [0.15, 0.2) is 0 Å². The normalized spacial score (nSPS) is 20.7. The fourth-order valence-corrected chi connectivity index (χ4v) is 4.11. The van der Waals surface area contributed by atoms with Crippen LogP contribution in [0, 0.1) is 5.82 Å². The van der Waals surface area contributed by atoms with E-state index >= 15 is 0 Å². The molecule has 0 bridgehead atoms. The van der Waals surface area contributed by atoms with Crippen molar-refractivity contribution >= 4 is 27.7 Å². The maximum Gasteiger partial charge on any atom is 0.277 e. The van der Waals surface area contributed by atoms with E-state index in [1.807, 2.05) is 0 Å². The average molecular weight is 423 g/mol. The Balaban J connectivity index is 1.93. The van der Waals surface area contributed by atoms with E-state index in [-0.39, 0.29) is 29.0 Å². The maximum absolute atomic E-state index is 14.5. The van der Waals surface area contributed by atoms with Crippen LogP contribution in [-0.4, -0.2) is 59.5 Å². The number of carbonyl (C=O) groups excluding carboxylic acids is 1. The summed E-state index contributed by atoms with van der Waals surface area (Å²) in [7, 11) is -1.15. The van der Waals surface area contributed by atoms with Gasteiger partial charge in [-0.25, -0.2) is 37.1 Å². The second-order valence-electron chi connectivity index (χ2n) is 6.39. The number of amides is 1. The van der Waals surface area contributed by atoms with Crippen LogP contribution in [0.4, 0.5) is 10.2 Å². The molecule has 0 aliphatic carbocycles. The van der Waals surface area contributed by atoms with Gasteiger partial charge in [-0.2, -0.15) is 0 Å². The molecule has 3 N–H and O–H groups in total. The first-order chi connectivity index (χ1) is 13.6. The molecular formula is C16H18FN7O4S. The summed E-state index contributed by atoms with van der Waals surface area (Å²) in [5, 5.41) is 2.46. The number of nitrogens with one attached hydrogen (secondary N) is 1. The van der Waals surface area contributed by atoms with Crippen molar-refractivity contribution in [2.75, 3.05) is 25.2 Å². The van der Waals surface area contributed by atoms with Gasteiger partial charge >= 0.3 is 0 Å². The van der Waals surface area contributed by atoms with Crippen LogP contribution >= 0.6 is 0 Å². The van der Waals surface area contributed by atoms with E-state index in [1.165, 1.54) is 39.5 Å². The SMILES string of the molecule is COc1cnc(C(=O)Nc2ccc(F)c([C@]3(C)CS(=O)(=O)N(C)C(N)=N3)n2)cn1. The number of sulfonamides is 1. The minimum Gasteiger partial charge on any atom is -0.480 e. The number of hydrogen-bond donors (Lipinski definition) is 2. The molecule has 1 aliphatic heterocycles. The highest BCUT2D eigenvalue weighted by Gasteiger charge is 2.43. The third-order valence-electron chi connectivity index (χ3n) is 4.23. The molecule has 13 heteroatoms. The van der Waals surface area contributed by atoms with Gasteiger partial charge in [-0.3, -0.25) is 4.79 Å². The summed E-state index contributed by atoms with van der Waals surface area (Å²) in [5.74, 6) is -2.04. The van der Waals surface area contributed by atoms with Gasteiger partial charge in [-0.15, -0.1) is 0 Å². The largest absolute Gasteiger partial charge is 0.480 e. The van der Waals surface area contributed by atoms with Crippen molar-refractivity contribution in [1.82, 2.24) is 19.3 Å². The minimum absolute atomic E-state index is 0.0182. The van der Waals surface area contributed by atoms with Crippen molar-refractivity contribution in [2.45, 2.75) is 12.5 Å². The lowest BCUT2D eigenvalue weighted by atomic mass is 10.00. The lowest BCUT2D eigenvalue weighted by Gasteiger charge is -2.33. The van der Waals surface area contributed by atoms with Crippen LogP contribution in [0.3, 0.4) is 0 Å². The van der Waals surface area contributed by atoms with Gasteiger partial charge in [-0.05, 0) is 19.1 Å². The van der Waals surface area contributed by atoms with E-state index < -0.39 is 33.0 Å². The highest BCUT2D eigenvalue weighted by molar-refractivity contribution is 7.89. The van der Waals surface area contributed by atoms with Crippen molar-refractivity contribution in [3.8, 4) is 5.88 Å². The Morgan fingerprint density at radius 2 is 2.07 bits per heavy atom. The predicted molar refractivity (Wildman–Crippen MR) is 101 cm³/mol. The molecule has 1 amide bonds. The molecule has 0 saturated heterocycles. The number of hydrogen-bond acceptors (Lipinski definition) is 9. The molecule has 0 radical (unpaired) electrons. The zero-order chi connectivity index (χ0) is 21.4. The highest BCUT2D eigenvalue weighted by Crippen LogP contribution is 2.32. The van der Waals surface area contributed by atoms with Crippen molar-refractivity contribution < 1.29 is 22.3 Å². The smallest absolute Gasteiger partial charge is 0.277 e. The zero-order valence-electron chi connectivity index (χ0n) is 15.7. The van der Waals surface area contributed by atoms with Gasteiger partial charge in [0.1, 0.15) is 34.3 Å². The van der Waals surface area contributed by atoms with Crippen LogP contribution in [0.25, 0.3) is 0 Å². The summed E-state index contributed by atoms with van der Waals surface area (Å²) >= 11 is 0. The number of halogens is 1. The van der Waals surface area contributed by atoms with E-state index in [4.69, 9.17) is 10.5 Å². The third-order valence-corrected chi connectivity index (χ3v) is 6.18. The quantitative estimate of drug-likeness (QED) is 0.701. The summed E-state index contributed by atoms with van der Waals surface area (Å²) in [6.45, 7) is 1.40. The number of aromatic nitrogens is 3. The topological polar surface area (TPSA) is 153 Å². The predicted octanol–water partition coefficient (Wildman–Crippen LogP) is 0.0767. The first-order valence-electron chi connectivity index (χ1n) is 8.22. The Morgan fingerprint density at radius 3 is 2.66 bits per heavy atom. The third kappa shape index (κ3) is 3.94. The summed E-state index contributed by atoms with van der Waals surface area (Å²) in [6, 6.07) is 2.28. The van der Waals surface area contributed by atoms with Crippen molar-refractivity contribution in [1.29, 1.82) is 0 Å². The molecule has 11 nitrogen and oxygen atoms in total. The first kappa shape index (κ1) is 20.4. The molecule has 0 aromatic carbocycles. The second kappa shape index (κ2) is 7.24. The van der Waals surface area contributed by atoms with E-state index in [2.05, 4.69) is 25.3 Å². The van der Waals surface area contributed by atoms with Crippen LogP contribution < -0.4 is 15.8 Å². The number of rotatable bonds is 4. The van der Waals surface area contributed by atoms with Gasteiger partial charge in [-0.1, -0.05) is 0 Å². The minimum atomic E-state index is -3.82. The van der Waals surface area contributed by atoms with E-state index in [1.54, 1.807) is 0 Å². The van der Waals surface area contributed by atoms with Gasteiger partial charge in [0, 0.05) is 7.05 Å². The molecule has 0 unspecified atom stereocenters. The number of nitrogens with zero attached hydrogens (tertiary/aromatic N) is 5. The summed E-state index contributed by atoms with van der Waals surface area (Å²) in [4.78, 5) is 28.3. The standard InChI is InChI=1S/C16H18FN7O4S/c1-16(8-29(26,27)24(2)15(18)23-16)13-9(17)4-5-11(21-13)22-14(25)10-6-20-12(28-3)7-19-10/h4-7H,8H2,1-3H3,(H2,18,23)(H,21,22,25)/t16-/m0/s1. The van der Waals surface area contributed by atoms with Gasteiger partial charge in [0.05, 0.1) is 19.5 Å². The van der Waals surface area contributed by atoms with Crippen LogP contribution in [0.2, 0.25) is 0 Å². The molecule has 3 rings (SSSR count). The zero-order valence-corrected chi connectivity index (χ0v) is 16.6. The highest BCUT2D eigenvalue weighted by atomic mass is 32.2. The molecule has 0 fully saturated rings. The van der Waals surface area contributed by atoms with Gasteiger partial charge in [0.25, 0.3) is 5.91 Å². The molecule has 154 valence electrons. The van der Waals surface area contributed by atoms with Gasteiger partial charge in [0.2, 0.25) is 21.9 Å². The van der Waals surface area contributed by atoms with E-state index in [0.29, 0.717) is 0 Å². The Labute approximate surface area is 165 Å². The number of methoxy groups -OCH3 is 1. The maximum atomic E-state index is 14.5. The Morgan fingerprint density at radius 1 is 1.34 bits per heavy atom. The number of nitrogens with two attached hydrogens (primary N) is 1. The first-order valence-corrected chi connectivity index (χ1v) is 9.83. The molecule has 3 heterocycles. The number of ether oxygens (including phenoxy) is 1. The fourth-order valence-electron chi connectivity index (χ4n) is 2.68. The van der Waals surface area contributed by atoms with Crippen LogP contribution in [0.1, 0.15) is 23.1 Å². The Bertz CT molecular complexity index is 1090. The van der Waals surface area contributed by atoms with Crippen molar-refractivity contribution in [3.63, 3.8) is 0 Å². The number of anilines is 1. The van der Waals surface area contributed by atoms with Crippen LogP contribution in [0.5, 0.6) is 5.88 Å². The van der Waals surface area contributed by atoms with Crippen molar-refractivity contribution in [2.24, 2.45) is 10.7 Å². The van der Waals surface area contributed by atoms with E-state index in [9.17, 15) is 17.6 Å². The molecule has 29 heavy (non-hydrogen) atoms. The molecule has 0 spiro atoms. The summed E-state index contributed by atoms with van der Waals surface area (Å²) in [5.41, 5.74) is 3.83. The van der Waals surface area contributed by atoms with E-state index in [0.717, 1.165) is 10.4 Å². The number of guanidine groups is 1. The second-order valence-corrected chi connectivity index (χ2v) is 8.39. The number of pyridine rings is 1. The monoisotopic (exact) mass is 423 g/mol. The summed E-state index contributed by atoms with van der Waals surface area (Å²) < 4.78 is 44.8. The molecular weight excluding hydrogens is 405 g/mol. The van der Waals surface area contributed by atoms with Crippen LogP contribution in [0.15, 0.2) is 29.5 Å². The summed E-state index contributed by atoms with van der Waals surface area (Å²) in [6.07, 6.45) is 2.47. The molecule has 1 atom stereocenters. The number of aliphatic imine (C=N–C) groups is 1.